The first kappa shape index (κ1) is 22.5. The quantitative estimate of drug-likeness (QED) is 0.237. The summed E-state index contributed by atoms with van der Waals surface area (Å²) < 4.78 is 0. The lowest BCUT2D eigenvalue weighted by molar-refractivity contribution is 1.16. The molecule has 2 aromatic heterocycles. The van der Waals surface area contributed by atoms with Gasteiger partial charge in [0, 0.05) is 22.3 Å². The highest BCUT2D eigenvalue weighted by atomic mass is 15.0. The van der Waals surface area contributed by atoms with Crippen LogP contribution in [0, 0.1) is 0 Å². The van der Waals surface area contributed by atoms with Crippen LogP contribution in [0.5, 0.6) is 0 Å². The van der Waals surface area contributed by atoms with Crippen LogP contribution in [0.4, 0.5) is 0 Å². The van der Waals surface area contributed by atoms with E-state index in [4.69, 9.17) is 19.9 Å². The highest BCUT2D eigenvalue weighted by Gasteiger charge is 2.27. The molecular formula is C36H22N4. The molecule has 0 saturated carbocycles. The molecule has 0 spiro atoms. The van der Waals surface area contributed by atoms with Crippen LogP contribution in [0.1, 0.15) is 0 Å². The fourth-order valence-corrected chi connectivity index (χ4v) is 5.46. The summed E-state index contributed by atoms with van der Waals surface area (Å²) in [7, 11) is 0. The van der Waals surface area contributed by atoms with Crippen LogP contribution in [-0.2, 0) is 0 Å². The van der Waals surface area contributed by atoms with Crippen molar-refractivity contribution in [1.82, 2.24) is 19.9 Å². The van der Waals surface area contributed by atoms with Gasteiger partial charge in [-0.2, -0.15) is 0 Å². The van der Waals surface area contributed by atoms with Gasteiger partial charge in [0.15, 0.2) is 17.3 Å². The topological polar surface area (TPSA) is 51.6 Å². The van der Waals surface area contributed by atoms with Gasteiger partial charge in [-0.3, -0.25) is 0 Å². The zero-order valence-corrected chi connectivity index (χ0v) is 21.5. The van der Waals surface area contributed by atoms with Crippen LogP contribution in [0.2, 0.25) is 0 Å². The number of rotatable bonds is 4. The number of aromatic nitrogens is 4. The maximum Gasteiger partial charge on any atom is 0.168 e. The van der Waals surface area contributed by atoms with Crippen molar-refractivity contribution in [3.8, 4) is 67.5 Å². The third-order valence-corrected chi connectivity index (χ3v) is 7.49. The Labute approximate surface area is 231 Å². The summed E-state index contributed by atoms with van der Waals surface area (Å²) in [6, 6.07) is 45.9. The minimum atomic E-state index is 0.661. The molecule has 0 bridgehead atoms. The number of hydrogen-bond donors (Lipinski definition) is 0. The molecule has 5 aromatic carbocycles. The Kier molecular flexibility index (Phi) is 5.10. The summed E-state index contributed by atoms with van der Waals surface area (Å²) in [4.78, 5) is 20.0. The van der Waals surface area contributed by atoms with Crippen LogP contribution < -0.4 is 0 Å². The van der Waals surface area contributed by atoms with Gasteiger partial charge in [-0.25, -0.2) is 19.9 Å². The highest BCUT2D eigenvalue weighted by Crippen LogP contribution is 2.45. The number of fused-ring (bicyclic) bond motifs is 3. The van der Waals surface area contributed by atoms with Crippen molar-refractivity contribution >= 4 is 11.0 Å². The Hall–Kier alpha value is -5.48. The van der Waals surface area contributed by atoms with Gasteiger partial charge in [0.1, 0.15) is 0 Å². The summed E-state index contributed by atoms with van der Waals surface area (Å²) in [6.07, 6.45) is 0. The van der Waals surface area contributed by atoms with E-state index >= 15 is 0 Å². The Bertz CT molecular complexity index is 1870. The summed E-state index contributed by atoms with van der Waals surface area (Å²) in [5.41, 5.74) is 11.2. The lowest BCUT2D eigenvalue weighted by atomic mass is 10.0. The van der Waals surface area contributed by atoms with Gasteiger partial charge in [0.25, 0.3) is 0 Å². The maximum absolute atomic E-state index is 5.04. The zero-order valence-electron chi connectivity index (χ0n) is 21.5. The molecule has 1 aliphatic rings. The van der Waals surface area contributed by atoms with Gasteiger partial charge in [-0.05, 0) is 22.3 Å². The predicted molar refractivity (Wildman–Crippen MR) is 161 cm³/mol. The number of nitrogens with zero attached hydrogens (tertiary/aromatic N) is 4. The maximum atomic E-state index is 5.04. The van der Waals surface area contributed by atoms with Crippen molar-refractivity contribution in [2.24, 2.45) is 0 Å². The standard InChI is InChI=1S/C36H22N4/c1-3-9-23(10-4-1)25-15-19-27(20-16-25)34-37-32-29-13-7-8-14-30(29)33-31(32)36(39-34)40-35(38-33)28-21-17-26(18-22-28)24-11-5-2-6-12-24/h1-22H. The van der Waals surface area contributed by atoms with E-state index in [2.05, 4.69) is 109 Å². The third-order valence-electron chi connectivity index (χ3n) is 7.49. The second-order valence-electron chi connectivity index (χ2n) is 9.92. The van der Waals surface area contributed by atoms with Gasteiger partial charge in [0.2, 0.25) is 0 Å². The van der Waals surface area contributed by atoms with Gasteiger partial charge in [-0.15, -0.1) is 0 Å². The Morgan fingerprint density at radius 3 is 1.07 bits per heavy atom. The van der Waals surface area contributed by atoms with Crippen LogP contribution in [0.25, 0.3) is 78.6 Å². The molecule has 0 fully saturated rings. The van der Waals surface area contributed by atoms with E-state index in [1.54, 1.807) is 0 Å². The van der Waals surface area contributed by atoms with E-state index in [0.29, 0.717) is 17.3 Å². The smallest absolute Gasteiger partial charge is 0.168 e. The lowest BCUT2D eigenvalue weighted by Gasteiger charge is -2.09. The van der Waals surface area contributed by atoms with Gasteiger partial charge >= 0.3 is 0 Å². The van der Waals surface area contributed by atoms with Crippen molar-refractivity contribution < 1.29 is 0 Å². The molecule has 0 amide bonds. The van der Waals surface area contributed by atoms with E-state index in [9.17, 15) is 0 Å². The van der Waals surface area contributed by atoms with Gasteiger partial charge < -0.3 is 0 Å². The normalized spacial score (nSPS) is 11.5. The molecule has 4 nitrogen and oxygen atoms in total. The van der Waals surface area contributed by atoms with Crippen molar-refractivity contribution in [2.45, 2.75) is 0 Å². The largest absolute Gasteiger partial charge is 0.227 e. The molecule has 0 atom stereocenters. The monoisotopic (exact) mass is 510 g/mol. The Balaban J connectivity index is 1.26. The molecule has 186 valence electrons. The fourth-order valence-electron chi connectivity index (χ4n) is 5.46. The predicted octanol–water partition coefficient (Wildman–Crippen LogP) is 8.74. The molecule has 0 aliphatic heterocycles. The molecule has 40 heavy (non-hydrogen) atoms. The van der Waals surface area contributed by atoms with Crippen LogP contribution in [-0.4, -0.2) is 19.9 Å². The van der Waals surface area contributed by atoms with Crippen LogP contribution >= 0.6 is 0 Å². The highest BCUT2D eigenvalue weighted by molar-refractivity contribution is 6.11. The van der Waals surface area contributed by atoms with E-state index in [1.165, 1.54) is 11.1 Å². The molecule has 2 heterocycles. The Morgan fingerprint density at radius 2 is 0.650 bits per heavy atom. The first-order chi connectivity index (χ1) is 19.8. The summed E-state index contributed by atoms with van der Waals surface area (Å²) in [6.45, 7) is 0. The molecule has 0 radical (unpaired) electrons. The number of hydrogen-bond acceptors (Lipinski definition) is 4. The van der Waals surface area contributed by atoms with E-state index < -0.39 is 0 Å². The third kappa shape index (κ3) is 3.69. The molecule has 7 aromatic rings. The Morgan fingerprint density at radius 1 is 0.300 bits per heavy atom. The fraction of sp³-hybridized carbons (Fsp3) is 0. The second kappa shape index (κ2) is 9.07. The lowest BCUT2D eigenvalue weighted by Crippen LogP contribution is -1.98. The van der Waals surface area contributed by atoms with Crippen LogP contribution in [0.3, 0.4) is 0 Å². The first-order valence-corrected chi connectivity index (χ1v) is 13.3. The summed E-state index contributed by atoms with van der Waals surface area (Å²) >= 11 is 0. The van der Waals surface area contributed by atoms with Crippen molar-refractivity contribution in [1.29, 1.82) is 0 Å². The van der Waals surface area contributed by atoms with Gasteiger partial charge in [-0.1, -0.05) is 133 Å². The van der Waals surface area contributed by atoms with E-state index in [-0.39, 0.29) is 0 Å². The second-order valence-corrected chi connectivity index (χ2v) is 9.92. The number of benzene rings is 5. The van der Waals surface area contributed by atoms with Crippen molar-refractivity contribution in [2.75, 3.05) is 0 Å². The van der Waals surface area contributed by atoms with Crippen molar-refractivity contribution in [3.05, 3.63) is 133 Å². The molecule has 4 heteroatoms. The SMILES string of the molecule is c1ccc(-c2ccc(-c3nc4c5c(nc(-c6ccc(-c7ccccc7)cc6)nc5n3)-c3ccccc3-4)cc2)cc1. The zero-order chi connectivity index (χ0) is 26.5. The molecular weight excluding hydrogens is 488 g/mol. The average Bonchev–Trinajstić information content (AvgIpc) is 3.36. The minimum Gasteiger partial charge on any atom is -0.227 e. The summed E-state index contributed by atoms with van der Waals surface area (Å²) in [5, 5.41) is 0.913. The molecule has 0 saturated heterocycles. The minimum absolute atomic E-state index is 0.661. The molecule has 0 unspecified atom stereocenters. The average molecular weight is 511 g/mol. The summed E-state index contributed by atoms with van der Waals surface area (Å²) in [5.74, 6) is 1.32. The first-order valence-electron chi connectivity index (χ1n) is 13.3. The van der Waals surface area contributed by atoms with Gasteiger partial charge in [0.05, 0.1) is 16.8 Å². The van der Waals surface area contributed by atoms with Crippen molar-refractivity contribution in [3.63, 3.8) is 0 Å². The molecule has 0 N–H and O–H groups in total. The molecule has 1 aliphatic carbocycles. The van der Waals surface area contributed by atoms with Crippen LogP contribution in [0.15, 0.2) is 133 Å². The molecule has 8 rings (SSSR count). The van der Waals surface area contributed by atoms with E-state index in [1.807, 2.05) is 24.3 Å². The van der Waals surface area contributed by atoms with E-state index in [0.717, 1.165) is 50.2 Å².